The zero-order valence-corrected chi connectivity index (χ0v) is 12.2. The molecule has 110 valence electrons. The predicted octanol–water partition coefficient (Wildman–Crippen LogP) is 2.74. The lowest BCUT2D eigenvalue weighted by Gasteiger charge is -2.06. The number of hydrogen-bond donors (Lipinski definition) is 1. The fraction of sp³-hybridized carbons (Fsp3) is 0.231. The molecule has 0 bridgehead atoms. The molecule has 0 spiro atoms. The minimum Gasteiger partial charge on any atom is -0.346 e. The summed E-state index contributed by atoms with van der Waals surface area (Å²) < 4.78 is 13.9. The summed E-state index contributed by atoms with van der Waals surface area (Å²) in [6, 6.07) is 2.03. The number of nitrogens with one attached hydrogen (secondary N) is 1. The monoisotopic (exact) mass is 309 g/mol. The number of rotatable bonds is 4. The Labute approximate surface area is 123 Å². The largest absolute Gasteiger partial charge is 0.346 e. The van der Waals surface area contributed by atoms with E-state index in [2.05, 4.69) is 10.3 Å². The van der Waals surface area contributed by atoms with E-state index in [9.17, 15) is 19.3 Å². The number of nitro groups is 1. The highest BCUT2D eigenvalue weighted by Gasteiger charge is 2.19. The topological polar surface area (TPSA) is 85.1 Å². The van der Waals surface area contributed by atoms with Crippen LogP contribution in [0.4, 0.5) is 10.1 Å². The lowest BCUT2D eigenvalue weighted by Crippen LogP contribution is -2.24. The third-order valence-electron chi connectivity index (χ3n) is 2.79. The molecule has 1 heterocycles. The fourth-order valence-corrected chi connectivity index (χ4v) is 2.39. The Morgan fingerprint density at radius 2 is 2.19 bits per heavy atom. The summed E-state index contributed by atoms with van der Waals surface area (Å²) in [6.07, 6.45) is 0. The molecule has 0 saturated heterocycles. The van der Waals surface area contributed by atoms with E-state index >= 15 is 0 Å². The van der Waals surface area contributed by atoms with Crippen LogP contribution in [0, 0.1) is 29.8 Å². The van der Waals surface area contributed by atoms with Crippen molar-refractivity contribution in [2.24, 2.45) is 0 Å². The zero-order chi connectivity index (χ0) is 15.6. The third-order valence-corrected chi connectivity index (χ3v) is 3.61. The Hall–Kier alpha value is -2.35. The van der Waals surface area contributed by atoms with E-state index in [1.54, 1.807) is 5.38 Å². The quantitative estimate of drug-likeness (QED) is 0.695. The second kappa shape index (κ2) is 5.96. The number of carbonyl (C=O) groups is 1. The van der Waals surface area contributed by atoms with Gasteiger partial charge in [0.2, 0.25) is 0 Å². The SMILES string of the molecule is Cc1nc(CNC(=O)c2cc([N+](=O)[O-])cc(C)c2F)cs1. The standard InChI is InChI=1S/C13H12FN3O3S/c1-7-3-10(17(19)20)4-11(12(7)14)13(18)15-5-9-6-21-8(2)16-9/h3-4,6H,5H2,1-2H3,(H,15,18). The van der Waals surface area contributed by atoms with E-state index in [1.807, 2.05) is 6.92 Å². The van der Waals surface area contributed by atoms with Crippen LogP contribution in [0.1, 0.15) is 26.6 Å². The predicted molar refractivity (Wildman–Crippen MR) is 75.8 cm³/mol. The third kappa shape index (κ3) is 3.40. The average Bonchev–Trinajstić information content (AvgIpc) is 2.84. The maximum absolute atomic E-state index is 13.9. The van der Waals surface area contributed by atoms with Gasteiger partial charge in [-0.15, -0.1) is 11.3 Å². The number of amides is 1. The maximum Gasteiger partial charge on any atom is 0.270 e. The molecule has 0 radical (unpaired) electrons. The number of hydrogen-bond acceptors (Lipinski definition) is 5. The van der Waals surface area contributed by atoms with Gasteiger partial charge in [0.25, 0.3) is 11.6 Å². The molecule has 8 heteroatoms. The van der Waals surface area contributed by atoms with E-state index in [-0.39, 0.29) is 23.4 Å². The van der Waals surface area contributed by atoms with Crippen molar-refractivity contribution in [3.63, 3.8) is 0 Å². The molecule has 0 saturated carbocycles. The Bertz CT molecular complexity index is 715. The molecule has 1 amide bonds. The molecule has 21 heavy (non-hydrogen) atoms. The van der Waals surface area contributed by atoms with E-state index in [4.69, 9.17) is 0 Å². The van der Waals surface area contributed by atoms with Crippen molar-refractivity contribution in [1.29, 1.82) is 0 Å². The molecule has 2 rings (SSSR count). The first-order valence-electron chi connectivity index (χ1n) is 6.02. The molecule has 0 aliphatic rings. The number of carbonyl (C=O) groups excluding carboxylic acids is 1. The van der Waals surface area contributed by atoms with Gasteiger partial charge in [-0.25, -0.2) is 9.37 Å². The van der Waals surface area contributed by atoms with Crippen molar-refractivity contribution in [2.45, 2.75) is 20.4 Å². The molecular formula is C13H12FN3O3S. The van der Waals surface area contributed by atoms with E-state index < -0.39 is 16.6 Å². The molecule has 2 aromatic rings. The van der Waals surface area contributed by atoms with Gasteiger partial charge in [-0.05, 0) is 19.4 Å². The molecule has 1 N–H and O–H groups in total. The first-order chi connectivity index (χ1) is 9.88. The highest BCUT2D eigenvalue weighted by atomic mass is 32.1. The second-order valence-electron chi connectivity index (χ2n) is 4.42. The number of nitrogens with zero attached hydrogens (tertiary/aromatic N) is 2. The Balaban J connectivity index is 2.20. The first-order valence-corrected chi connectivity index (χ1v) is 6.90. The Kier molecular flexibility index (Phi) is 4.27. The van der Waals surface area contributed by atoms with Gasteiger partial charge in [0.15, 0.2) is 0 Å². The number of halogens is 1. The minimum atomic E-state index is -0.757. The molecule has 1 aromatic heterocycles. The number of aromatic nitrogens is 1. The molecule has 0 atom stereocenters. The molecular weight excluding hydrogens is 297 g/mol. The first kappa shape index (κ1) is 15.0. The summed E-state index contributed by atoms with van der Waals surface area (Å²) >= 11 is 1.44. The van der Waals surface area contributed by atoms with Crippen molar-refractivity contribution in [1.82, 2.24) is 10.3 Å². The maximum atomic E-state index is 13.9. The van der Waals surface area contributed by atoms with Crippen LogP contribution >= 0.6 is 11.3 Å². The fourth-order valence-electron chi connectivity index (χ4n) is 1.78. The minimum absolute atomic E-state index is 0.0545. The van der Waals surface area contributed by atoms with Gasteiger partial charge in [0, 0.05) is 17.5 Å². The van der Waals surface area contributed by atoms with Crippen LogP contribution in [0.25, 0.3) is 0 Å². The van der Waals surface area contributed by atoms with Crippen molar-refractivity contribution >= 4 is 22.9 Å². The van der Waals surface area contributed by atoms with Crippen LogP contribution in [-0.4, -0.2) is 15.8 Å². The molecule has 0 unspecified atom stereocenters. The summed E-state index contributed by atoms with van der Waals surface area (Å²) in [5.74, 6) is -1.46. The summed E-state index contributed by atoms with van der Waals surface area (Å²) in [5, 5.41) is 15.9. The number of nitro benzene ring substituents is 1. The second-order valence-corrected chi connectivity index (χ2v) is 5.48. The van der Waals surface area contributed by atoms with Gasteiger partial charge in [0.1, 0.15) is 5.82 Å². The number of aryl methyl sites for hydroxylation is 2. The molecule has 6 nitrogen and oxygen atoms in total. The van der Waals surface area contributed by atoms with Crippen LogP contribution in [0.5, 0.6) is 0 Å². The highest BCUT2D eigenvalue weighted by Crippen LogP contribution is 2.21. The molecule has 0 fully saturated rings. The number of thiazole rings is 1. The lowest BCUT2D eigenvalue weighted by molar-refractivity contribution is -0.385. The van der Waals surface area contributed by atoms with Crippen LogP contribution in [-0.2, 0) is 6.54 Å². The Morgan fingerprint density at radius 1 is 1.48 bits per heavy atom. The number of non-ortho nitro benzene ring substituents is 1. The van der Waals surface area contributed by atoms with Gasteiger partial charge in [0.05, 0.1) is 27.7 Å². The Morgan fingerprint density at radius 3 is 2.76 bits per heavy atom. The zero-order valence-electron chi connectivity index (χ0n) is 11.3. The molecule has 0 aliphatic carbocycles. The van der Waals surface area contributed by atoms with Crippen molar-refractivity contribution in [3.05, 3.63) is 55.3 Å². The van der Waals surface area contributed by atoms with Gasteiger partial charge >= 0.3 is 0 Å². The summed E-state index contributed by atoms with van der Waals surface area (Å²) in [4.78, 5) is 26.2. The summed E-state index contributed by atoms with van der Waals surface area (Å²) in [5.41, 5.74) is 0.0597. The van der Waals surface area contributed by atoms with Crippen molar-refractivity contribution in [3.8, 4) is 0 Å². The van der Waals surface area contributed by atoms with E-state index in [1.165, 1.54) is 18.3 Å². The van der Waals surface area contributed by atoms with Gasteiger partial charge in [-0.1, -0.05) is 0 Å². The average molecular weight is 309 g/mol. The highest BCUT2D eigenvalue weighted by molar-refractivity contribution is 7.09. The van der Waals surface area contributed by atoms with Gasteiger partial charge in [-0.3, -0.25) is 14.9 Å². The van der Waals surface area contributed by atoms with Gasteiger partial charge < -0.3 is 5.32 Å². The van der Waals surface area contributed by atoms with Crippen molar-refractivity contribution < 1.29 is 14.1 Å². The van der Waals surface area contributed by atoms with Crippen LogP contribution in [0.15, 0.2) is 17.5 Å². The van der Waals surface area contributed by atoms with Crippen LogP contribution < -0.4 is 5.32 Å². The summed E-state index contributed by atoms with van der Waals surface area (Å²) in [6.45, 7) is 3.35. The molecule has 1 aromatic carbocycles. The van der Waals surface area contributed by atoms with E-state index in [0.717, 1.165) is 17.1 Å². The summed E-state index contributed by atoms with van der Waals surface area (Å²) in [7, 11) is 0. The smallest absolute Gasteiger partial charge is 0.270 e. The van der Waals surface area contributed by atoms with Crippen LogP contribution in [0.3, 0.4) is 0 Å². The molecule has 0 aliphatic heterocycles. The normalized spacial score (nSPS) is 10.4. The van der Waals surface area contributed by atoms with E-state index in [0.29, 0.717) is 5.69 Å². The van der Waals surface area contributed by atoms with Gasteiger partial charge in [-0.2, -0.15) is 0 Å². The van der Waals surface area contributed by atoms with Crippen molar-refractivity contribution in [2.75, 3.05) is 0 Å². The van der Waals surface area contributed by atoms with Crippen LogP contribution in [0.2, 0.25) is 0 Å². The number of benzene rings is 1. The lowest BCUT2D eigenvalue weighted by atomic mass is 10.1.